The Morgan fingerprint density at radius 1 is 1.56 bits per heavy atom. The lowest BCUT2D eigenvalue weighted by Gasteiger charge is -2.19. The molecule has 1 rings (SSSR count). The molecule has 1 aromatic rings. The summed E-state index contributed by atoms with van der Waals surface area (Å²) in [5, 5.41) is 0. The van der Waals surface area contributed by atoms with Crippen molar-refractivity contribution in [3.8, 4) is 0 Å². The molecule has 4 nitrogen and oxygen atoms in total. The Balaban J connectivity index is 2.75. The monoisotopic (exact) mass is 224 g/mol. The Kier molecular flexibility index (Phi) is 3.73. The molecule has 0 fully saturated rings. The summed E-state index contributed by atoms with van der Waals surface area (Å²) in [6.07, 6.45) is 3.87. The molecular formula is C12H20N2O2. The van der Waals surface area contributed by atoms with E-state index in [0.717, 1.165) is 12.1 Å². The van der Waals surface area contributed by atoms with Crippen molar-refractivity contribution < 1.29 is 9.53 Å². The highest BCUT2D eigenvalue weighted by Gasteiger charge is 2.18. The maximum absolute atomic E-state index is 11.7. The largest absolute Gasteiger partial charge is 0.443 e. The maximum Gasteiger partial charge on any atom is 0.419 e. The van der Waals surface area contributed by atoms with Crippen molar-refractivity contribution in [1.82, 2.24) is 9.55 Å². The third kappa shape index (κ3) is 3.36. The average molecular weight is 224 g/mol. The molecule has 1 heterocycles. The topological polar surface area (TPSA) is 44.1 Å². The zero-order chi connectivity index (χ0) is 12.3. The van der Waals surface area contributed by atoms with Gasteiger partial charge in [0.25, 0.3) is 0 Å². The second-order valence-electron chi connectivity index (χ2n) is 5.00. The minimum atomic E-state index is -0.474. The summed E-state index contributed by atoms with van der Waals surface area (Å²) in [7, 11) is 0. The van der Waals surface area contributed by atoms with Crippen molar-refractivity contribution in [1.29, 1.82) is 0 Å². The number of aromatic nitrogens is 2. The van der Waals surface area contributed by atoms with E-state index in [4.69, 9.17) is 4.74 Å². The van der Waals surface area contributed by atoms with Gasteiger partial charge in [0.2, 0.25) is 0 Å². The molecule has 0 N–H and O–H groups in total. The van der Waals surface area contributed by atoms with Gasteiger partial charge in [-0.15, -0.1) is 0 Å². The Morgan fingerprint density at radius 2 is 2.19 bits per heavy atom. The first-order chi connectivity index (χ1) is 7.33. The van der Waals surface area contributed by atoms with Gasteiger partial charge in [-0.25, -0.2) is 14.3 Å². The molecule has 0 aliphatic heterocycles. The number of imidazole rings is 1. The second kappa shape index (κ2) is 4.68. The van der Waals surface area contributed by atoms with E-state index in [-0.39, 0.29) is 6.09 Å². The Bertz CT molecular complexity index is 363. The molecule has 1 aromatic heterocycles. The van der Waals surface area contributed by atoms with Crippen molar-refractivity contribution >= 4 is 6.09 Å². The molecule has 0 bridgehead atoms. The summed E-state index contributed by atoms with van der Waals surface area (Å²) >= 11 is 0. The van der Waals surface area contributed by atoms with E-state index in [1.807, 2.05) is 20.8 Å². The van der Waals surface area contributed by atoms with Crippen molar-refractivity contribution in [2.24, 2.45) is 0 Å². The SMILES string of the molecule is CCC(C)c1cn(C(=O)OC(C)(C)C)cn1. The third-order valence-electron chi connectivity index (χ3n) is 2.32. The standard InChI is InChI=1S/C12H20N2O2/c1-6-9(2)10-7-14(8-13-10)11(15)16-12(3,4)5/h7-9H,6H2,1-5H3. The molecule has 0 aromatic carbocycles. The van der Waals surface area contributed by atoms with E-state index in [0.29, 0.717) is 5.92 Å². The molecule has 4 heteroatoms. The van der Waals surface area contributed by atoms with E-state index in [1.54, 1.807) is 6.20 Å². The lowest BCUT2D eigenvalue weighted by Crippen LogP contribution is -2.26. The van der Waals surface area contributed by atoms with E-state index < -0.39 is 5.60 Å². The highest BCUT2D eigenvalue weighted by atomic mass is 16.6. The highest BCUT2D eigenvalue weighted by molar-refractivity contribution is 5.70. The smallest absolute Gasteiger partial charge is 0.419 e. The predicted octanol–water partition coefficient (Wildman–Crippen LogP) is 3.18. The fraction of sp³-hybridized carbons (Fsp3) is 0.667. The normalized spacial score (nSPS) is 13.6. The van der Waals surface area contributed by atoms with Gasteiger partial charge in [0.1, 0.15) is 11.9 Å². The van der Waals surface area contributed by atoms with Crippen LogP contribution >= 0.6 is 0 Å². The van der Waals surface area contributed by atoms with Crippen LogP contribution in [-0.2, 0) is 4.74 Å². The van der Waals surface area contributed by atoms with Crippen LogP contribution in [0.15, 0.2) is 12.5 Å². The van der Waals surface area contributed by atoms with Gasteiger partial charge in [-0.05, 0) is 33.1 Å². The van der Waals surface area contributed by atoms with Gasteiger partial charge in [0.15, 0.2) is 0 Å². The lowest BCUT2D eigenvalue weighted by molar-refractivity contribution is 0.0536. The van der Waals surface area contributed by atoms with Crippen LogP contribution in [0.1, 0.15) is 52.7 Å². The summed E-state index contributed by atoms with van der Waals surface area (Å²) in [6, 6.07) is 0. The first-order valence-electron chi connectivity index (χ1n) is 5.60. The second-order valence-corrected chi connectivity index (χ2v) is 5.00. The molecule has 0 amide bonds. The van der Waals surface area contributed by atoms with Crippen molar-refractivity contribution in [2.45, 2.75) is 52.6 Å². The summed E-state index contributed by atoms with van der Waals surface area (Å²) in [5.74, 6) is 0.365. The average Bonchev–Trinajstić information content (AvgIpc) is 2.62. The van der Waals surface area contributed by atoms with Gasteiger partial charge < -0.3 is 4.74 Å². The third-order valence-corrected chi connectivity index (χ3v) is 2.32. The number of carbonyl (C=O) groups excluding carboxylic acids is 1. The number of nitrogens with zero attached hydrogens (tertiary/aromatic N) is 2. The van der Waals surface area contributed by atoms with Crippen LogP contribution in [0, 0.1) is 0 Å². The van der Waals surface area contributed by atoms with Crippen LogP contribution in [0.25, 0.3) is 0 Å². The minimum absolute atomic E-state index is 0.365. The van der Waals surface area contributed by atoms with Crippen LogP contribution in [0.3, 0.4) is 0 Å². The summed E-state index contributed by atoms with van der Waals surface area (Å²) in [6.45, 7) is 9.71. The number of hydrogen-bond acceptors (Lipinski definition) is 3. The zero-order valence-corrected chi connectivity index (χ0v) is 10.7. The Labute approximate surface area is 96.6 Å². The van der Waals surface area contributed by atoms with Crippen LogP contribution in [0.2, 0.25) is 0 Å². The van der Waals surface area contributed by atoms with Gasteiger partial charge in [-0.1, -0.05) is 13.8 Å². The molecule has 0 aliphatic carbocycles. The fourth-order valence-electron chi connectivity index (χ4n) is 1.22. The van der Waals surface area contributed by atoms with Crippen LogP contribution < -0.4 is 0 Å². The number of ether oxygens (including phenoxy) is 1. The number of carbonyl (C=O) groups is 1. The zero-order valence-electron chi connectivity index (χ0n) is 10.7. The lowest BCUT2D eigenvalue weighted by atomic mass is 10.1. The maximum atomic E-state index is 11.7. The molecule has 0 saturated carbocycles. The molecule has 1 unspecified atom stereocenters. The van der Waals surface area contributed by atoms with Crippen LogP contribution in [0.4, 0.5) is 4.79 Å². The van der Waals surface area contributed by atoms with Gasteiger partial charge in [0.05, 0.1) is 5.69 Å². The number of hydrogen-bond donors (Lipinski definition) is 0. The van der Waals surface area contributed by atoms with Crippen molar-refractivity contribution in [3.05, 3.63) is 18.2 Å². The summed E-state index contributed by atoms with van der Waals surface area (Å²) < 4.78 is 6.63. The molecule has 0 saturated heterocycles. The molecule has 0 radical (unpaired) electrons. The van der Waals surface area contributed by atoms with E-state index in [2.05, 4.69) is 18.8 Å². The molecule has 1 atom stereocenters. The quantitative estimate of drug-likeness (QED) is 0.775. The molecule has 0 spiro atoms. The van der Waals surface area contributed by atoms with Gasteiger partial charge in [0, 0.05) is 6.20 Å². The van der Waals surface area contributed by atoms with Gasteiger partial charge in [-0.3, -0.25) is 0 Å². The molecule has 0 aliphatic rings. The van der Waals surface area contributed by atoms with Crippen molar-refractivity contribution in [2.75, 3.05) is 0 Å². The van der Waals surface area contributed by atoms with Gasteiger partial charge in [-0.2, -0.15) is 0 Å². The molecule has 90 valence electrons. The molecule has 16 heavy (non-hydrogen) atoms. The van der Waals surface area contributed by atoms with Gasteiger partial charge >= 0.3 is 6.09 Å². The fourth-order valence-corrected chi connectivity index (χ4v) is 1.22. The minimum Gasteiger partial charge on any atom is -0.443 e. The molecular weight excluding hydrogens is 204 g/mol. The number of rotatable bonds is 2. The Morgan fingerprint density at radius 3 is 2.69 bits per heavy atom. The Hall–Kier alpha value is -1.32. The van der Waals surface area contributed by atoms with Crippen LogP contribution in [-0.4, -0.2) is 21.2 Å². The van der Waals surface area contributed by atoms with Crippen molar-refractivity contribution in [3.63, 3.8) is 0 Å². The summed E-state index contributed by atoms with van der Waals surface area (Å²) in [4.78, 5) is 15.9. The first kappa shape index (κ1) is 12.7. The van der Waals surface area contributed by atoms with Crippen LogP contribution in [0.5, 0.6) is 0 Å². The summed E-state index contributed by atoms with van der Waals surface area (Å²) in [5.41, 5.74) is 0.450. The highest BCUT2D eigenvalue weighted by Crippen LogP contribution is 2.16. The predicted molar refractivity (Wildman–Crippen MR) is 62.6 cm³/mol. The van der Waals surface area contributed by atoms with E-state index >= 15 is 0 Å². The first-order valence-corrected chi connectivity index (χ1v) is 5.60. The van der Waals surface area contributed by atoms with E-state index in [1.165, 1.54) is 10.9 Å². The van der Waals surface area contributed by atoms with E-state index in [9.17, 15) is 4.79 Å².